The van der Waals surface area contributed by atoms with E-state index in [4.69, 9.17) is 18.9 Å². The van der Waals surface area contributed by atoms with Crippen molar-refractivity contribution in [2.45, 2.75) is 218 Å². The third-order valence-corrected chi connectivity index (χ3v) is 10.4. The lowest BCUT2D eigenvalue weighted by molar-refractivity contribution is -0.305. The number of rotatable bonds is 38. The molecule has 1 saturated heterocycles. The van der Waals surface area contributed by atoms with E-state index in [1.807, 2.05) is 0 Å². The summed E-state index contributed by atoms with van der Waals surface area (Å²) in [6, 6.07) is 0. The topological polar surface area (TPSA) is 152 Å². The molecule has 0 spiro atoms. The van der Waals surface area contributed by atoms with Gasteiger partial charge < -0.3 is 39.4 Å². The van der Waals surface area contributed by atoms with Crippen LogP contribution in [-0.2, 0) is 28.5 Å². The second-order valence-electron chi connectivity index (χ2n) is 15.8. The Hall–Kier alpha value is -2.60. The molecule has 10 nitrogen and oxygen atoms in total. The predicted molar refractivity (Wildman–Crippen MR) is 238 cm³/mol. The second kappa shape index (κ2) is 39.5. The lowest BCUT2D eigenvalue weighted by Crippen LogP contribution is -2.59. The van der Waals surface area contributed by atoms with Gasteiger partial charge >= 0.3 is 11.9 Å². The Morgan fingerprint density at radius 2 is 0.949 bits per heavy atom. The number of ether oxygens (including phenoxy) is 4. The highest BCUT2D eigenvalue weighted by molar-refractivity contribution is 5.70. The molecule has 0 radical (unpaired) electrons. The van der Waals surface area contributed by atoms with E-state index >= 15 is 0 Å². The van der Waals surface area contributed by atoms with Crippen LogP contribution in [0.1, 0.15) is 181 Å². The molecule has 1 rings (SSSR count). The van der Waals surface area contributed by atoms with Crippen LogP contribution in [0.15, 0.2) is 60.8 Å². The molecule has 1 fully saturated rings. The highest BCUT2D eigenvalue weighted by atomic mass is 16.7. The lowest BCUT2D eigenvalue weighted by atomic mass is 9.99. The zero-order valence-corrected chi connectivity index (χ0v) is 37.0. The van der Waals surface area contributed by atoms with Crippen LogP contribution in [0.4, 0.5) is 0 Å². The first-order valence-corrected chi connectivity index (χ1v) is 23.4. The molecule has 0 aromatic heterocycles. The second-order valence-corrected chi connectivity index (χ2v) is 15.8. The lowest BCUT2D eigenvalue weighted by Gasteiger charge is -2.39. The minimum atomic E-state index is -1.60. The Morgan fingerprint density at radius 3 is 1.42 bits per heavy atom. The number of carbonyl (C=O) groups is 2. The fourth-order valence-corrected chi connectivity index (χ4v) is 6.64. The van der Waals surface area contributed by atoms with Gasteiger partial charge in [0.2, 0.25) is 0 Å². The van der Waals surface area contributed by atoms with E-state index < -0.39 is 55.4 Å². The molecule has 1 aliphatic heterocycles. The van der Waals surface area contributed by atoms with Crippen molar-refractivity contribution in [1.82, 2.24) is 0 Å². The van der Waals surface area contributed by atoms with E-state index in [9.17, 15) is 30.0 Å². The summed E-state index contributed by atoms with van der Waals surface area (Å²) in [6.45, 7) is 3.34. The Balaban J connectivity index is 2.34. The van der Waals surface area contributed by atoms with Crippen molar-refractivity contribution in [1.29, 1.82) is 0 Å². The van der Waals surface area contributed by atoms with E-state index in [-0.39, 0.29) is 26.1 Å². The summed E-state index contributed by atoms with van der Waals surface area (Å²) in [5.74, 6) is -0.840. The number of hydrogen-bond acceptors (Lipinski definition) is 10. The number of aliphatic hydroxyl groups excluding tert-OH is 4. The number of unbranched alkanes of at least 4 members (excludes halogenated alkanes) is 17. The van der Waals surface area contributed by atoms with Gasteiger partial charge in [-0.1, -0.05) is 145 Å². The predicted octanol–water partition coefficient (Wildman–Crippen LogP) is 10.2. The van der Waals surface area contributed by atoms with Crippen LogP contribution in [0.3, 0.4) is 0 Å². The van der Waals surface area contributed by atoms with Gasteiger partial charge in [-0.2, -0.15) is 0 Å². The molecular formula is C49H84O10. The highest BCUT2D eigenvalue weighted by Crippen LogP contribution is 2.22. The SMILES string of the molecule is CCCCC/C=C\C/C=C\C/C=C\CCCCCCCCC(=O)OC(COC(=O)CCCCCCC/C=C\C/C=C\CCCCC)COC1OC(CO)C(O)C(O)C1O. The van der Waals surface area contributed by atoms with Gasteiger partial charge in [0.15, 0.2) is 12.4 Å². The maximum Gasteiger partial charge on any atom is 0.306 e. The number of hydrogen-bond donors (Lipinski definition) is 4. The van der Waals surface area contributed by atoms with Gasteiger partial charge in [-0.05, 0) is 83.5 Å². The molecule has 0 saturated carbocycles. The molecule has 1 heterocycles. The number of carbonyl (C=O) groups excluding carboxylic acids is 2. The molecule has 6 unspecified atom stereocenters. The van der Waals surface area contributed by atoms with Gasteiger partial charge in [-0.15, -0.1) is 0 Å². The number of allylic oxidation sites excluding steroid dienone is 10. The van der Waals surface area contributed by atoms with Crippen LogP contribution in [0.5, 0.6) is 0 Å². The normalized spacial score (nSPS) is 20.5. The first kappa shape index (κ1) is 54.4. The van der Waals surface area contributed by atoms with E-state index in [1.54, 1.807) is 0 Å². The standard InChI is InChI=1S/C49H84O10/c1-3-5-7-9-11-13-15-17-19-20-21-22-24-26-28-30-32-34-36-38-45(52)58-42(41-57-49-48(55)47(54)46(53)43(39-50)59-49)40-56-44(51)37-35-33-31-29-27-25-23-18-16-14-12-10-8-6-4-2/h11-14,17-19,21-23,42-43,46-50,53-55H,3-10,15-16,20,24-41H2,1-2H3/b13-11-,14-12-,19-17-,22-21-,23-18-. The Morgan fingerprint density at radius 1 is 0.525 bits per heavy atom. The summed E-state index contributed by atoms with van der Waals surface area (Å²) < 4.78 is 22.2. The van der Waals surface area contributed by atoms with Gasteiger partial charge in [-0.25, -0.2) is 0 Å². The Kier molecular flexibility index (Phi) is 36.5. The van der Waals surface area contributed by atoms with Crippen molar-refractivity contribution in [3.8, 4) is 0 Å². The van der Waals surface area contributed by atoms with Gasteiger partial charge in [0, 0.05) is 12.8 Å². The van der Waals surface area contributed by atoms with Crippen molar-refractivity contribution in [2.24, 2.45) is 0 Å². The van der Waals surface area contributed by atoms with Gasteiger partial charge in [-0.3, -0.25) is 9.59 Å². The van der Waals surface area contributed by atoms with Crippen molar-refractivity contribution in [2.75, 3.05) is 19.8 Å². The van der Waals surface area contributed by atoms with Crippen LogP contribution in [0.25, 0.3) is 0 Å². The summed E-state index contributed by atoms with van der Waals surface area (Å²) in [5, 5.41) is 40.1. The van der Waals surface area contributed by atoms with E-state index in [0.29, 0.717) is 12.8 Å². The molecule has 0 aromatic carbocycles. The molecule has 4 N–H and O–H groups in total. The Labute approximate surface area is 358 Å². The third-order valence-electron chi connectivity index (χ3n) is 10.4. The van der Waals surface area contributed by atoms with Gasteiger partial charge in [0.1, 0.15) is 31.0 Å². The molecule has 0 aromatic rings. The van der Waals surface area contributed by atoms with E-state index in [1.165, 1.54) is 51.4 Å². The Bertz CT molecular complexity index is 1150. The summed E-state index contributed by atoms with van der Waals surface area (Å²) in [5.41, 5.74) is 0. The minimum Gasteiger partial charge on any atom is -0.462 e. The van der Waals surface area contributed by atoms with Crippen molar-refractivity contribution < 1.29 is 49.0 Å². The molecule has 6 atom stereocenters. The molecule has 0 aliphatic carbocycles. The molecular weight excluding hydrogens is 749 g/mol. The summed E-state index contributed by atoms with van der Waals surface area (Å²) >= 11 is 0. The van der Waals surface area contributed by atoms with Gasteiger partial charge in [0.25, 0.3) is 0 Å². The van der Waals surface area contributed by atoms with Crippen molar-refractivity contribution in [3.63, 3.8) is 0 Å². The molecule has 1 aliphatic rings. The maximum atomic E-state index is 12.8. The first-order chi connectivity index (χ1) is 28.8. The van der Waals surface area contributed by atoms with Crippen LogP contribution >= 0.6 is 0 Å². The smallest absolute Gasteiger partial charge is 0.306 e. The maximum absolute atomic E-state index is 12.8. The van der Waals surface area contributed by atoms with E-state index in [0.717, 1.165) is 89.9 Å². The van der Waals surface area contributed by atoms with Crippen LogP contribution < -0.4 is 0 Å². The molecule has 0 amide bonds. The zero-order valence-electron chi connectivity index (χ0n) is 37.0. The van der Waals surface area contributed by atoms with E-state index in [2.05, 4.69) is 74.6 Å². The minimum absolute atomic E-state index is 0.210. The van der Waals surface area contributed by atoms with Crippen LogP contribution in [0.2, 0.25) is 0 Å². The average molecular weight is 833 g/mol. The summed E-state index contributed by atoms with van der Waals surface area (Å²) in [4.78, 5) is 25.4. The number of aliphatic hydroxyl groups is 4. The quantitative estimate of drug-likeness (QED) is 0.0269. The summed E-state index contributed by atoms with van der Waals surface area (Å²) in [6.07, 6.45) is 40.7. The van der Waals surface area contributed by atoms with Crippen LogP contribution in [0, 0.1) is 0 Å². The molecule has 0 bridgehead atoms. The van der Waals surface area contributed by atoms with Crippen LogP contribution in [-0.4, -0.2) is 89.0 Å². The van der Waals surface area contributed by atoms with Crippen molar-refractivity contribution >= 4 is 11.9 Å². The fourth-order valence-electron chi connectivity index (χ4n) is 6.64. The fraction of sp³-hybridized carbons (Fsp3) is 0.755. The first-order valence-electron chi connectivity index (χ1n) is 23.4. The van der Waals surface area contributed by atoms with Crippen molar-refractivity contribution in [3.05, 3.63) is 60.8 Å². The zero-order chi connectivity index (χ0) is 43.0. The largest absolute Gasteiger partial charge is 0.462 e. The highest BCUT2D eigenvalue weighted by Gasteiger charge is 2.44. The number of esters is 2. The third kappa shape index (κ3) is 31.0. The molecule has 340 valence electrons. The molecule has 10 heteroatoms. The monoisotopic (exact) mass is 833 g/mol. The van der Waals surface area contributed by atoms with Gasteiger partial charge in [0.05, 0.1) is 13.2 Å². The molecule has 59 heavy (non-hydrogen) atoms. The summed E-state index contributed by atoms with van der Waals surface area (Å²) in [7, 11) is 0. The average Bonchev–Trinajstić information content (AvgIpc) is 3.23.